The zero-order valence-electron chi connectivity index (χ0n) is 22.6. The van der Waals surface area contributed by atoms with Crippen LogP contribution in [-0.4, -0.2) is 61.4 Å². The van der Waals surface area contributed by atoms with Crippen molar-refractivity contribution in [2.24, 2.45) is 7.05 Å². The lowest BCUT2D eigenvalue weighted by atomic mass is 9.99. The Hall–Kier alpha value is -4.60. The van der Waals surface area contributed by atoms with Crippen LogP contribution in [0.1, 0.15) is 36.3 Å². The summed E-state index contributed by atoms with van der Waals surface area (Å²) in [5.41, 5.74) is 0.967. The summed E-state index contributed by atoms with van der Waals surface area (Å²) in [5, 5.41) is 25.1. The lowest BCUT2D eigenvalue weighted by Gasteiger charge is -2.32. The molecule has 12 nitrogen and oxygen atoms in total. The fraction of sp³-hybridized carbons (Fsp3) is 0.346. The molecule has 0 radical (unpaired) electrons. The lowest BCUT2D eigenvalue weighted by Crippen LogP contribution is -2.35. The van der Waals surface area contributed by atoms with Crippen LogP contribution >= 0.6 is 11.3 Å². The van der Waals surface area contributed by atoms with E-state index in [1.54, 1.807) is 36.3 Å². The highest BCUT2D eigenvalue weighted by atomic mass is 32.1. The highest BCUT2D eigenvalue weighted by Gasteiger charge is 2.31. The van der Waals surface area contributed by atoms with Crippen molar-refractivity contribution >= 4 is 45.6 Å². The van der Waals surface area contributed by atoms with Crippen LogP contribution in [0.25, 0.3) is 0 Å². The van der Waals surface area contributed by atoms with E-state index in [0.29, 0.717) is 28.7 Å². The predicted molar refractivity (Wildman–Crippen MR) is 148 cm³/mol. The summed E-state index contributed by atoms with van der Waals surface area (Å²) < 4.78 is 42.9. The summed E-state index contributed by atoms with van der Waals surface area (Å²) in [6.45, 7) is 2.85. The molecule has 16 heteroatoms. The second-order valence-corrected chi connectivity index (χ2v) is 10.6. The van der Waals surface area contributed by atoms with Crippen molar-refractivity contribution in [2.75, 3.05) is 28.2 Å². The largest absolute Gasteiger partial charge is 0.573 e. The first-order valence-corrected chi connectivity index (χ1v) is 13.7. The molecular weight excluding hydrogens is 575 g/mol. The number of benzene rings is 1. The molecule has 1 aliphatic rings. The minimum atomic E-state index is -4.82. The number of ether oxygens (including phenoxy) is 1. The van der Waals surface area contributed by atoms with Crippen molar-refractivity contribution in [3.05, 3.63) is 59.4 Å². The topological polar surface area (TPSA) is 131 Å². The summed E-state index contributed by atoms with van der Waals surface area (Å²) in [6, 6.07) is 8.60. The molecule has 1 aromatic carbocycles. The van der Waals surface area contributed by atoms with Gasteiger partial charge in [-0.25, -0.2) is 0 Å². The van der Waals surface area contributed by atoms with Gasteiger partial charge in [0.15, 0.2) is 11.6 Å². The highest BCUT2D eigenvalue weighted by Crippen LogP contribution is 2.35. The van der Waals surface area contributed by atoms with E-state index in [4.69, 9.17) is 0 Å². The van der Waals surface area contributed by atoms with Crippen LogP contribution in [0.5, 0.6) is 5.75 Å². The van der Waals surface area contributed by atoms with Gasteiger partial charge in [0.1, 0.15) is 10.8 Å². The maximum Gasteiger partial charge on any atom is 0.573 e. The molecule has 220 valence electrons. The van der Waals surface area contributed by atoms with E-state index in [1.807, 2.05) is 0 Å². The third-order valence-corrected chi connectivity index (χ3v) is 7.47. The van der Waals surface area contributed by atoms with Crippen molar-refractivity contribution < 1.29 is 27.5 Å². The van der Waals surface area contributed by atoms with Gasteiger partial charge < -0.3 is 15.0 Å². The van der Waals surface area contributed by atoms with Gasteiger partial charge in [-0.3, -0.25) is 19.2 Å². The number of carbonyl (C=O) groups excluding carboxylic acids is 2. The summed E-state index contributed by atoms with van der Waals surface area (Å²) in [5.74, 6) is -0.134. The molecule has 1 aliphatic heterocycles. The average molecular weight is 602 g/mol. The molecule has 2 amide bonds. The fourth-order valence-corrected chi connectivity index (χ4v) is 5.64. The van der Waals surface area contributed by atoms with Crippen molar-refractivity contribution in [2.45, 2.75) is 38.5 Å². The zero-order valence-corrected chi connectivity index (χ0v) is 23.4. The van der Waals surface area contributed by atoms with Crippen LogP contribution in [0.3, 0.4) is 0 Å². The normalized spacial score (nSPS) is 15.4. The molecule has 5 rings (SSSR count). The number of rotatable bonds is 8. The first-order chi connectivity index (χ1) is 20.0. The van der Waals surface area contributed by atoms with Crippen LogP contribution in [0.15, 0.2) is 48.8 Å². The SMILES string of the molecule is CC(=O)N(c1cnn(C)c1)c1nnc(C2CCCN(c3ccc(NC(=O)Cc4cccc(OC(F)(F)F)c4)nn3)C2)s1. The maximum absolute atomic E-state index is 12.5. The van der Waals surface area contributed by atoms with Crippen molar-refractivity contribution in [3.63, 3.8) is 0 Å². The van der Waals surface area contributed by atoms with E-state index in [9.17, 15) is 22.8 Å². The fourth-order valence-electron chi connectivity index (χ4n) is 4.60. The Morgan fingerprint density at radius 3 is 2.69 bits per heavy atom. The number of nitrogens with zero attached hydrogens (tertiary/aromatic N) is 8. The minimum absolute atomic E-state index is 0.0750. The van der Waals surface area contributed by atoms with Gasteiger partial charge in [-0.15, -0.1) is 33.6 Å². The zero-order chi connectivity index (χ0) is 29.9. The van der Waals surface area contributed by atoms with Crippen molar-refractivity contribution in [1.29, 1.82) is 0 Å². The Morgan fingerprint density at radius 1 is 1.17 bits per heavy atom. The smallest absolute Gasteiger partial charge is 0.406 e. The quantitative estimate of drug-likeness (QED) is 0.316. The molecular formula is C26H26F3N9O3S. The van der Waals surface area contributed by atoms with Crippen LogP contribution in [-0.2, 0) is 23.1 Å². The van der Waals surface area contributed by atoms with Gasteiger partial charge in [-0.2, -0.15) is 5.10 Å². The van der Waals surface area contributed by atoms with Gasteiger partial charge in [0, 0.05) is 39.2 Å². The Labute approximate surface area is 242 Å². The van der Waals surface area contributed by atoms with Gasteiger partial charge in [0.05, 0.1) is 18.3 Å². The molecule has 4 heterocycles. The van der Waals surface area contributed by atoms with E-state index in [2.05, 4.69) is 40.4 Å². The molecule has 1 saturated heterocycles. The number of amides is 2. The second kappa shape index (κ2) is 12.1. The van der Waals surface area contributed by atoms with E-state index in [1.165, 1.54) is 35.3 Å². The van der Waals surface area contributed by atoms with E-state index in [0.717, 1.165) is 36.5 Å². The van der Waals surface area contributed by atoms with Crippen molar-refractivity contribution in [3.8, 4) is 5.75 Å². The molecule has 1 fully saturated rings. The van der Waals surface area contributed by atoms with Crippen LogP contribution < -0.4 is 19.9 Å². The number of hydrogen-bond donors (Lipinski definition) is 1. The summed E-state index contributed by atoms with van der Waals surface area (Å²) in [6.07, 6.45) is 0.133. The molecule has 0 bridgehead atoms. The lowest BCUT2D eigenvalue weighted by molar-refractivity contribution is -0.274. The number of piperidine rings is 1. The molecule has 1 atom stereocenters. The first-order valence-electron chi connectivity index (χ1n) is 12.9. The number of nitrogens with one attached hydrogen (secondary N) is 1. The number of aryl methyl sites for hydroxylation is 1. The number of carbonyl (C=O) groups is 2. The summed E-state index contributed by atoms with van der Waals surface area (Å²) in [4.78, 5) is 28.4. The van der Waals surface area contributed by atoms with Crippen LogP contribution in [0.2, 0.25) is 0 Å². The molecule has 42 heavy (non-hydrogen) atoms. The third kappa shape index (κ3) is 7.18. The Kier molecular flexibility index (Phi) is 8.33. The average Bonchev–Trinajstić information content (AvgIpc) is 3.58. The van der Waals surface area contributed by atoms with E-state index < -0.39 is 18.0 Å². The molecule has 0 saturated carbocycles. The Morgan fingerprint density at radius 2 is 2.00 bits per heavy atom. The molecule has 0 aliphatic carbocycles. The monoisotopic (exact) mass is 601 g/mol. The molecule has 1 N–H and O–H groups in total. The van der Waals surface area contributed by atoms with Crippen molar-refractivity contribution in [1.82, 2.24) is 30.2 Å². The Bertz CT molecular complexity index is 1560. The number of halogens is 3. The van der Waals surface area contributed by atoms with Crippen LogP contribution in [0.4, 0.5) is 35.6 Å². The van der Waals surface area contributed by atoms with Gasteiger partial charge in [0.2, 0.25) is 16.9 Å². The molecule has 0 spiro atoms. The van der Waals surface area contributed by atoms with Gasteiger partial charge in [-0.1, -0.05) is 23.5 Å². The second-order valence-electron chi connectivity index (χ2n) is 9.63. The summed E-state index contributed by atoms with van der Waals surface area (Å²) >= 11 is 1.36. The maximum atomic E-state index is 12.5. The van der Waals surface area contributed by atoms with Crippen LogP contribution in [0, 0.1) is 0 Å². The van der Waals surface area contributed by atoms with Gasteiger partial charge >= 0.3 is 6.36 Å². The number of anilines is 4. The number of hydrogen-bond acceptors (Lipinski definition) is 10. The number of alkyl halides is 3. The first kappa shape index (κ1) is 28.9. The highest BCUT2D eigenvalue weighted by molar-refractivity contribution is 7.15. The number of aromatic nitrogens is 6. The van der Waals surface area contributed by atoms with E-state index in [-0.39, 0.29) is 24.1 Å². The summed E-state index contributed by atoms with van der Waals surface area (Å²) in [7, 11) is 1.77. The minimum Gasteiger partial charge on any atom is -0.406 e. The standard InChI is InChI=1S/C26H26F3N9O3S/c1-16(39)38(19-13-30-36(2)15-19)25-35-34-24(42-25)18-6-4-10-37(14-18)22-9-8-21(32-33-22)31-23(40)12-17-5-3-7-20(11-17)41-26(27,28)29/h3,5,7-9,11,13,15,18H,4,6,10,12,14H2,1-2H3,(H,31,32,40). The molecule has 4 aromatic rings. The predicted octanol–water partition coefficient (Wildman–Crippen LogP) is 4.21. The van der Waals surface area contributed by atoms with Gasteiger partial charge in [0.25, 0.3) is 0 Å². The van der Waals surface area contributed by atoms with Gasteiger partial charge in [-0.05, 0) is 42.7 Å². The molecule has 3 aromatic heterocycles. The van der Waals surface area contributed by atoms with E-state index >= 15 is 0 Å². The third-order valence-electron chi connectivity index (χ3n) is 6.39. The Balaban J connectivity index is 1.19. The molecule has 1 unspecified atom stereocenters.